The van der Waals surface area contributed by atoms with Gasteiger partial charge in [0.25, 0.3) is 0 Å². The molecule has 3 rings (SSSR count). The number of rotatable bonds is 4. The summed E-state index contributed by atoms with van der Waals surface area (Å²) in [7, 11) is 0. The minimum Gasteiger partial charge on any atom is -0.390 e. The molecule has 0 spiro atoms. The second kappa shape index (κ2) is 7.32. The van der Waals surface area contributed by atoms with Crippen LogP contribution >= 0.6 is 0 Å². The third-order valence-corrected chi connectivity index (χ3v) is 4.16. The number of amides is 2. The van der Waals surface area contributed by atoms with Crippen LogP contribution in [0.5, 0.6) is 0 Å². The molecule has 128 valence electrons. The fourth-order valence-corrected chi connectivity index (χ4v) is 3.00. The molecule has 0 unspecified atom stereocenters. The average molecular weight is 336 g/mol. The van der Waals surface area contributed by atoms with E-state index in [1.807, 2.05) is 36.4 Å². The molecular formula is C20H20N2O3. The molecule has 25 heavy (non-hydrogen) atoms. The predicted octanol–water partition coefficient (Wildman–Crippen LogP) is 2.43. The first-order valence-electron chi connectivity index (χ1n) is 8.15. The maximum atomic E-state index is 12.2. The molecule has 2 amide bonds. The van der Waals surface area contributed by atoms with Crippen LogP contribution in [0.1, 0.15) is 29.7 Å². The smallest absolute Gasteiger partial charge is 0.244 e. The molecule has 0 aliphatic heterocycles. The van der Waals surface area contributed by atoms with Crippen molar-refractivity contribution >= 4 is 23.6 Å². The van der Waals surface area contributed by atoms with Crippen LogP contribution in [0.4, 0.5) is 5.69 Å². The molecule has 0 radical (unpaired) electrons. The lowest BCUT2D eigenvalue weighted by molar-refractivity contribution is -0.118. The summed E-state index contributed by atoms with van der Waals surface area (Å²) in [5.41, 5.74) is 3.59. The van der Waals surface area contributed by atoms with Crippen molar-refractivity contribution < 1.29 is 14.7 Å². The van der Waals surface area contributed by atoms with E-state index >= 15 is 0 Å². The van der Waals surface area contributed by atoms with Gasteiger partial charge in [0.05, 0.1) is 12.1 Å². The number of hydrogen-bond donors (Lipinski definition) is 3. The first-order valence-corrected chi connectivity index (χ1v) is 8.15. The molecule has 0 heterocycles. The summed E-state index contributed by atoms with van der Waals surface area (Å²) >= 11 is 0. The Morgan fingerprint density at radius 1 is 1.12 bits per heavy atom. The van der Waals surface area contributed by atoms with Crippen LogP contribution in [0.3, 0.4) is 0 Å². The van der Waals surface area contributed by atoms with Crippen molar-refractivity contribution in [3.63, 3.8) is 0 Å². The minimum absolute atomic E-state index is 0.127. The minimum atomic E-state index is -0.605. The van der Waals surface area contributed by atoms with Crippen molar-refractivity contribution in [3.05, 3.63) is 71.3 Å². The Labute approximate surface area is 146 Å². The Morgan fingerprint density at radius 2 is 1.84 bits per heavy atom. The van der Waals surface area contributed by atoms with Crippen LogP contribution in [-0.4, -0.2) is 23.0 Å². The van der Waals surface area contributed by atoms with Crippen LogP contribution in [0.15, 0.2) is 54.6 Å². The zero-order valence-corrected chi connectivity index (χ0v) is 13.9. The van der Waals surface area contributed by atoms with Crippen LogP contribution in [0.25, 0.3) is 6.08 Å². The molecule has 5 nitrogen and oxygen atoms in total. The van der Waals surface area contributed by atoms with Crippen molar-refractivity contribution in [1.29, 1.82) is 0 Å². The normalized spacial score (nSPS) is 18.8. The summed E-state index contributed by atoms with van der Waals surface area (Å²) in [4.78, 5) is 23.2. The van der Waals surface area contributed by atoms with E-state index in [1.165, 1.54) is 13.0 Å². The van der Waals surface area contributed by atoms with Gasteiger partial charge >= 0.3 is 0 Å². The molecule has 5 heteroatoms. The summed E-state index contributed by atoms with van der Waals surface area (Å²) in [5, 5.41) is 15.7. The second-order valence-electron chi connectivity index (χ2n) is 6.09. The van der Waals surface area contributed by atoms with Crippen molar-refractivity contribution in [3.8, 4) is 0 Å². The second-order valence-corrected chi connectivity index (χ2v) is 6.09. The number of carbonyl (C=O) groups excluding carboxylic acids is 2. The van der Waals surface area contributed by atoms with Gasteiger partial charge in [-0.15, -0.1) is 0 Å². The first kappa shape index (κ1) is 16.9. The maximum Gasteiger partial charge on any atom is 0.244 e. The monoisotopic (exact) mass is 336 g/mol. The largest absolute Gasteiger partial charge is 0.390 e. The van der Waals surface area contributed by atoms with Gasteiger partial charge in [0, 0.05) is 25.1 Å². The van der Waals surface area contributed by atoms with E-state index in [4.69, 9.17) is 0 Å². The van der Waals surface area contributed by atoms with Gasteiger partial charge in [0.2, 0.25) is 11.8 Å². The van der Waals surface area contributed by atoms with Gasteiger partial charge in [-0.2, -0.15) is 0 Å². The molecule has 0 fully saturated rings. The van der Waals surface area contributed by atoms with E-state index in [2.05, 4.69) is 10.6 Å². The summed E-state index contributed by atoms with van der Waals surface area (Å²) in [6.45, 7) is 1.45. The summed E-state index contributed by atoms with van der Waals surface area (Å²) in [6.07, 6.45) is 3.09. The number of anilines is 1. The number of fused-ring (bicyclic) bond motifs is 1. The standard InChI is InChI=1S/C20H20N2O3/c1-13(23)21-16-9-6-14(7-10-16)8-11-19(25)22-20-17-5-3-2-4-15(17)12-18(20)24/h2-11,18,20,24H,12H2,1H3,(H,21,23)(H,22,25)/b11-8+/t18-,20+/m1/s1. The molecule has 1 aliphatic carbocycles. The van der Waals surface area contributed by atoms with Crippen molar-refractivity contribution in [2.75, 3.05) is 5.32 Å². The van der Waals surface area contributed by atoms with E-state index in [0.717, 1.165) is 16.7 Å². The third-order valence-electron chi connectivity index (χ3n) is 4.16. The third kappa shape index (κ3) is 4.14. The van der Waals surface area contributed by atoms with Crippen molar-refractivity contribution in [2.45, 2.75) is 25.5 Å². The molecular weight excluding hydrogens is 316 g/mol. The van der Waals surface area contributed by atoms with Gasteiger partial charge in [-0.05, 0) is 34.9 Å². The highest BCUT2D eigenvalue weighted by Gasteiger charge is 2.31. The van der Waals surface area contributed by atoms with Crippen LogP contribution < -0.4 is 10.6 Å². The van der Waals surface area contributed by atoms with Crippen LogP contribution in [0, 0.1) is 0 Å². The van der Waals surface area contributed by atoms with Crippen LogP contribution in [-0.2, 0) is 16.0 Å². The number of hydrogen-bond acceptors (Lipinski definition) is 3. The van der Waals surface area contributed by atoms with Gasteiger partial charge in [-0.25, -0.2) is 0 Å². The van der Waals surface area contributed by atoms with Gasteiger partial charge in [0.1, 0.15) is 0 Å². The van der Waals surface area contributed by atoms with E-state index in [0.29, 0.717) is 12.1 Å². The molecule has 3 N–H and O–H groups in total. The van der Waals surface area contributed by atoms with E-state index in [9.17, 15) is 14.7 Å². The summed E-state index contributed by atoms with van der Waals surface area (Å²) < 4.78 is 0. The maximum absolute atomic E-state index is 12.2. The Morgan fingerprint density at radius 3 is 2.56 bits per heavy atom. The number of nitrogens with one attached hydrogen (secondary N) is 2. The van der Waals surface area contributed by atoms with Gasteiger partial charge in [0.15, 0.2) is 0 Å². The molecule has 2 atom stereocenters. The van der Waals surface area contributed by atoms with Gasteiger partial charge < -0.3 is 15.7 Å². The fourth-order valence-electron chi connectivity index (χ4n) is 3.00. The zero-order valence-electron chi connectivity index (χ0n) is 13.9. The molecule has 0 bridgehead atoms. The Bertz CT molecular complexity index is 812. The quantitative estimate of drug-likeness (QED) is 0.751. The topological polar surface area (TPSA) is 78.4 Å². The predicted molar refractivity (Wildman–Crippen MR) is 96.8 cm³/mol. The molecule has 0 aromatic heterocycles. The molecule has 2 aromatic carbocycles. The Kier molecular flexibility index (Phi) is 4.95. The molecule has 2 aromatic rings. The number of benzene rings is 2. The lowest BCUT2D eigenvalue weighted by Gasteiger charge is -2.16. The van der Waals surface area contributed by atoms with Crippen molar-refractivity contribution in [1.82, 2.24) is 5.32 Å². The Hall–Kier alpha value is -2.92. The van der Waals surface area contributed by atoms with Crippen LogP contribution in [0.2, 0.25) is 0 Å². The molecule has 0 saturated heterocycles. The van der Waals surface area contributed by atoms with E-state index < -0.39 is 6.10 Å². The summed E-state index contributed by atoms with van der Waals surface area (Å²) in [5.74, 6) is -0.384. The number of aliphatic hydroxyl groups excluding tert-OH is 1. The van der Waals surface area contributed by atoms with Gasteiger partial charge in [-0.1, -0.05) is 36.4 Å². The van der Waals surface area contributed by atoms with E-state index in [1.54, 1.807) is 18.2 Å². The fraction of sp³-hybridized carbons (Fsp3) is 0.200. The summed E-state index contributed by atoms with van der Waals surface area (Å²) in [6, 6.07) is 14.5. The first-order chi connectivity index (χ1) is 12.0. The number of aliphatic hydroxyl groups is 1. The molecule has 1 aliphatic rings. The lowest BCUT2D eigenvalue weighted by atomic mass is 10.1. The van der Waals surface area contributed by atoms with Gasteiger partial charge in [-0.3, -0.25) is 9.59 Å². The average Bonchev–Trinajstić information content (AvgIpc) is 2.89. The highest BCUT2D eigenvalue weighted by molar-refractivity contribution is 5.92. The zero-order chi connectivity index (χ0) is 17.8. The highest BCUT2D eigenvalue weighted by Crippen LogP contribution is 2.31. The highest BCUT2D eigenvalue weighted by atomic mass is 16.3. The lowest BCUT2D eigenvalue weighted by Crippen LogP contribution is -2.32. The Balaban J connectivity index is 1.63. The SMILES string of the molecule is CC(=O)Nc1ccc(/C=C/C(=O)N[C@H]2c3ccccc3C[C@H]2O)cc1. The molecule has 0 saturated carbocycles. The number of carbonyl (C=O) groups is 2. The van der Waals surface area contributed by atoms with Crippen molar-refractivity contribution in [2.24, 2.45) is 0 Å². The van der Waals surface area contributed by atoms with E-state index in [-0.39, 0.29) is 17.9 Å².